The summed E-state index contributed by atoms with van der Waals surface area (Å²) >= 11 is 1.73. The molecule has 0 saturated heterocycles. The summed E-state index contributed by atoms with van der Waals surface area (Å²) in [7, 11) is 0. The molecule has 2 heterocycles. The highest BCUT2D eigenvalue weighted by Crippen LogP contribution is 2.16. The number of hydrogen-bond acceptors (Lipinski definition) is 3. The van der Waals surface area contributed by atoms with Crippen LogP contribution >= 0.6 is 11.3 Å². The summed E-state index contributed by atoms with van der Waals surface area (Å²) < 4.78 is 5.00. The minimum atomic E-state index is -0.170. The van der Waals surface area contributed by atoms with Gasteiger partial charge in [-0.2, -0.15) is 0 Å². The van der Waals surface area contributed by atoms with Crippen LogP contribution < -0.4 is 5.32 Å². The second-order valence-electron chi connectivity index (χ2n) is 3.38. The van der Waals surface area contributed by atoms with Crippen molar-refractivity contribution in [2.45, 2.75) is 19.9 Å². The van der Waals surface area contributed by atoms with Crippen molar-refractivity contribution in [3.63, 3.8) is 0 Å². The first-order valence-corrected chi connectivity index (χ1v) is 6.00. The second-order valence-corrected chi connectivity index (χ2v) is 4.63. The molecule has 4 heteroatoms. The zero-order valence-electron chi connectivity index (χ0n) is 9.03. The van der Waals surface area contributed by atoms with Gasteiger partial charge in [-0.15, -0.1) is 11.3 Å². The Kier molecular flexibility index (Phi) is 3.41. The van der Waals surface area contributed by atoms with Crippen LogP contribution in [0.15, 0.2) is 34.9 Å². The van der Waals surface area contributed by atoms with E-state index in [4.69, 9.17) is 4.42 Å². The average molecular weight is 235 g/mol. The Morgan fingerprint density at radius 3 is 2.81 bits per heavy atom. The topological polar surface area (TPSA) is 42.2 Å². The molecule has 0 unspecified atom stereocenters. The molecule has 0 aliphatic carbocycles. The van der Waals surface area contributed by atoms with Crippen molar-refractivity contribution in [2.75, 3.05) is 0 Å². The molecule has 0 fully saturated rings. The third kappa shape index (κ3) is 2.52. The van der Waals surface area contributed by atoms with Gasteiger partial charge in [-0.3, -0.25) is 4.79 Å². The highest BCUT2D eigenvalue weighted by molar-refractivity contribution is 7.11. The minimum Gasteiger partial charge on any atom is -0.459 e. The Labute approximate surface area is 98.1 Å². The molecule has 0 saturated carbocycles. The molecular formula is C12H13NO2S. The van der Waals surface area contributed by atoms with Crippen molar-refractivity contribution >= 4 is 17.2 Å². The predicted molar refractivity (Wildman–Crippen MR) is 63.6 cm³/mol. The molecule has 2 aromatic rings. The van der Waals surface area contributed by atoms with Crippen LogP contribution in [0.5, 0.6) is 0 Å². The number of hydrogen-bond donors (Lipinski definition) is 1. The molecule has 1 N–H and O–H groups in total. The maximum absolute atomic E-state index is 11.6. The van der Waals surface area contributed by atoms with Gasteiger partial charge >= 0.3 is 0 Å². The molecule has 3 nitrogen and oxygen atoms in total. The fraction of sp³-hybridized carbons (Fsp3) is 0.250. The fourth-order valence-corrected chi connectivity index (χ4v) is 2.27. The number of aryl methyl sites for hydroxylation is 1. The van der Waals surface area contributed by atoms with Crippen LogP contribution in [0.25, 0.3) is 0 Å². The first-order valence-electron chi connectivity index (χ1n) is 5.19. The Hall–Kier alpha value is -1.55. The van der Waals surface area contributed by atoms with Gasteiger partial charge in [-0.25, -0.2) is 0 Å². The monoisotopic (exact) mass is 235 g/mol. The molecule has 0 radical (unpaired) electrons. The molecule has 0 bridgehead atoms. The molecule has 2 rings (SSSR count). The van der Waals surface area contributed by atoms with E-state index in [-0.39, 0.29) is 5.91 Å². The van der Waals surface area contributed by atoms with Gasteiger partial charge in [0.2, 0.25) is 0 Å². The van der Waals surface area contributed by atoms with Gasteiger partial charge in [0.25, 0.3) is 5.91 Å². The Morgan fingerprint density at radius 1 is 1.38 bits per heavy atom. The van der Waals surface area contributed by atoms with E-state index in [1.165, 1.54) is 11.1 Å². The molecule has 0 aromatic carbocycles. The smallest absolute Gasteiger partial charge is 0.287 e. The molecule has 2 aromatic heterocycles. The van der Waals surface area contributed by atoms with Crippen molar-refractivity contribution in [1.29, 1.82) is 0 Å². The zero-order chi connectivity index (χ0) is 11.4. The van der Waals surface area contributed by atoms with Crippen molar-refractivity contribution in [3.05, 3.63) is 46.0 Å². The fourth-order valence-electron chi connectivity index (χ4n) is 1.37. The number of furan rings is 1. The molecule has 16 heavy (non-hydrogen) atoms. The van der Waals surface area contributed by atoms with Crippen molar-refractivity contribution in [1.82, 2.24) is 5.32 Å². The molecule has 1 amide bonds. The average Bonchev–Trinajstić information content (AvgIpc) is 2.96. The van der Waals surface area contributed by atoms with Crippen LogP contribution in [-0.2, 0) is 13.0 Å². The lowest BCUT2D eigenvalue weighted by molar-refractivity contribution is 0.0923. The summed E-state index contributed by atoms with van der Waals surface area (Å²) in [4.78, 5) is 14.1. The van der Waals surface area contributed by atoms with Crippen LogP contribution in [0, 0.1) is 0 Å². The standard InChI is InChI=1S/C12H13NO2S/c1-2-9-5-6-10(16-9)8-13-12(14)11-4-3-7-15-11/h3-7H,2,8H2,1H3,(H,13,14). The predicted octanol–water partition coefficient (Wildman–Crippen LogP) is 2.83. The lowest BCUT2D eigenvalue weighted by Crippen LogP contribution is -2.21. The van der Waals surface area contributed by atoms with Crippen LogP contribution in [0.3, 0.4) is 0 Å². The Balaban J connectivity index is 1.90. The molecular weight excluding hydrogens is 222 g/mol. The maximum atomic E-state index is 11.6. The van der Waals surface area contributed by atoms with Crippen LogP contribution in [0.2, 0.25) is 0 Å². The van der Waals surface area contributed by atoms with Gasteiger partial charge in [-0.1, -0.05) is 6.92 Å². The SMILES string of the molecule is CCc1ccc(CNC(=O)c2ccco2)s1. The Bertz CT molecular complexity index is 459. The number of carbonyl (C=O) groups excluding carboxylic acids is 1. The quantitative estimate of drug-likeness (QED) is 0.885. The highest BCUT2D eigenvalue weighted by atomic mass is 32.1. The van der Waals surface area contributed by atoms with Crippen LogP contribution in [0.1, 0.15) is 27.2 Å². The lowest BCUT2D eigenvalue weighted by Gasteiger charge is -2.00. The van der Waals surface area contributed by atoms with E-state index in [1.807, 2.05) is 6.07 Å². The first-order chi connectivity index (χ1) is 7.79. The van der Waals surface area contributed by atoms with E-state index < -0.39 is 0 Å². The molecule has 0 aliphatic rings. The number of amides is 1. The summed E-state index contributed by atoms with van der Waals surface area (Å²) in [5.41, 5.74) is 0. The second kappa shape index (κ2) is 4.99. The van der Waals surface area contributed by atoms with Crippen LogP contribution in [0.4, 0.5) is 0 Å². The van der Waals surface area contributed by atoms with Crippen molar-refractivity contribution < 1.29 is 9.21 Å². The third-order valence-corrected chi connectivity index (χ3v) is 3.46. The molecule has 0 aliphatic heterocycles. The van der Waals surface area contributed by atoms with Crippen molar-refractivity contribution in [3.8, 4) is 0 Å². The van der Waals surface area contributed by atoms with Gasteiger partial charge in [0, 0.05) is 9.75 Å². The Morgan fingerprint density at radius 2 is 2.19 bits per heavy atom. The largest absolute Gasteiger partial charge is 0.459 e. The summed E-state index contributed by atoms with van der Waals surface area (Å²) in [6.45, 7) is 2.68. The van der Waals surface area contributed by atoms with Gasteiger partial charge in [0.15, 0.2) is 5.76 Å². The van der Waals surface area contributed by atoms with Gasteiger partial charge < -0.3 is 9.73 Å². The number of thiophene rings is 1. The van der Waals surface area contributed by atoms with E-state index in [0.29, 0.717) is 12.3 Å². The van der Waals surface area contributed by atoms with E-state index in [2.05, 4.69) is 18.3 Å². The highest BCUT2D eigenvalue weighted by Gasteiger charge is 2.08. The first kappa shape index (κ1) is 11.0. The molecule has 0 atom stereocenters. The summed E-state index contributed by atoms with van der Waals surface area (Å²) in [5, 5.41) is 2.82. The number of carbonyl (C=O) groups is 1. The van der Waals surface area contributed by atoms with Gasteiger partial charge in [0.1, 0.15) is 0 Å². The number of nitrogens with one attached hydrogen (secondary N) is 1. The summed E-state index contributed by atoms with van der Waals surface area (Å²) in [5.74, 6) is 0.184. The number of rotatable bonds is 4. The zero-order valence-corrected chi connectivity index (χ0v) is 9.84. The summed E-state index contributed by atoms with van der Waals surface area (Å²) in [6.07, 6.45) is 2.53. The van der Waals surface area contributed by atoms with Crippen LogP contribution in [-0.4, -0.2) is 5.91 Å². The van der Waals surface area contributed by atoms with Gasteiger partial charge in [0.05, 0.1) is 12.8 Å². The van der Waals surface area contributed by atoms with E-state index >= 15 is 0 Å². The van der Waals surface area contributed by atoms with E-state index in [9.17, 15) is 4.79 Å². The summed E-state index contributed by atoms with van der Waals surface area (Å²) in [6, 6.07) is 7.50. The van der Waals surface area contributed by atoms with E-state index in [1.54, 1.807) is 23.5 Å². The third-order valence-electron chi connectivity index (χ3n) is 2.23. The lowest BCUT2D eigenvalue weighted by atomic mass is 10.3. The molecule has 84 valence electrons. The maximum Gasteiger partial charge on any atom is 0.287 e. The molecule has 0 spiro atoms. The van der Waals surface area contributed by atoms with E-state index in [0.717, 1.165) is 11.3 Å². The van der Waals surface area contributed by atoms with Crippen molar-refractivity contribution in [2.24, 2.45) is 0 Å². The van der Waals surface area contributed by atoms with Gasteiger partial charge in [-0.05, 0) is 30.7 Å². The minimum absolute atomic E-state index is 0.170. The normalized spacial score (nSPS) is 10.3.